The maximum absolute atomic E-state index is 13.5. The first-order valence-electron chi connectivity index (χ1n) is 5.14. The second kappa shape index (κ2) is 4.36. The van der Waals surface area contributed by atoms with Crippen molar-refractivity contribution in [2.75, 3.05) is 0 Å². The van der Waals surface area contributed by atoms with E-state index in [1.807, 2.05) is 29.8 Å². The van der Waals surface area contributed by atoms with Gasteiger partial charge in [0.15, 0.2) is 0 Å². The van der Waals surface area contributed by atoms with Gasteiger partial charge in [-0.3, -0.25) is 0 Å². The van der Waals surface area contributed by atoms with Gasteiger partial charge in [0.2, 0.25) is 0 Å². The zero-order chi connectivity index (χ0) is 11.6. The lowest BCUT2D eigenvalue weighted by Crippen LogP contribution is -2.35. The van der Waals surface area contributed by atoms with Crippen molar-refractivity contribution < 1.29 is 4.39 Å². The van der Waals surface area contributed by atoms with Crippen LogP contribution in [0.25, 0.3) is 0 Å². The summed E-state index contributed by atoms with van der Waals surface area (Å²) in [4.78, 5) is 0. The molecule has 2 rings (SSSR count). The Bertz CT molecular complexity index is 463. The topological polar surface area (TPSA) is 26.0 Å². The number of thiophene rings is 1. The Balaban J connectivity index is 2.25. The molecule has 0 bridgehead atoms. The van der Waals surface area contributed by atoms with Gasteiger partial charge >= 0.3 is 0 Å². The predicted molar refractivity (Wildman–Crippen MR) is 66.0 cm³/mol. The van der Waals surface area contributed by atoms with Gasteiger partial charge in [0.25, 0.3) is 0 Å². The Labute approximate surface area is 98.7 Å². The summed E-state index contributed by atoms with van der Waals surface area (Å²) in [5.74, 6) is -0.186. The summed E-state index contributed by atoms with van der Waals surface area (Å²) in [6, 6.07) is 8.77. The fraction of sp³-hybridized carbons (Fsp3) is 0.231. The Morgan fingerprint density at radius 2 is 2.06 bits per heavy atom. The molecule has 0 aliphatic rings. The van der Waals surface area contributed by atoms with Crippen molar-refractivity contribution in [1.29, 1.82) is 0 Å². The van der Waals surface area contributed by atoms with E-state index in [-0.39, 0.29) is 5.82 Å². The van der Waals surface area contributed by atoms with E-state index in [2.05, 4.69) is 0 Å². The lowest BCUT2D eigenvalue weighted by atomic mass is 9.88. The fourth-order valence-corrected chi connectivity index (χ4v) is 2.53. The van der Waals surface area contributed by atoms with Gasteiger partial charge in [0.1, 0.15) is 5.82 Å². The molecule has 1 aromatic carbocycles. The van der Waals surface area contributed by atoms with Crippen LogP contribution in [-0.2, 0) is 12.0 Å². The van der Waals surface area contributed by atoms with Crippen LogP contribution in [0.15, 0.2) is 41.1 Å². The van der Waals surface area contributed by atoms with E-state index < -0.39 is 5.54 Å². The van der Waals surface area contributed by atoms with Crippen LogP contribution in [0.3, 0.4) is 0 Å². The molecule has 1 atom stereocenters. The Kier molecular flexibility index (Phi) is 3.08. The third kappa shape index (κ3) is 2.31. The summed E-state index contributed by atoms with van der Waals surface area (Å²) < 4.78 is 13.5. The van der Waals surface area contributed by atoms with E-state index >= 15 is 0 Å². The molecule has 0 saturated heterocycles. The van der Waals surface area contributed by atoms with E-state index in [1.54, 1.807) is 23.5 Å². The van der Waals surface area contributed by atoms with Gasteiger partial charge in [0.05, 0.1) is 0 Å². The molecule has 0 spiro atoms. The molecule has 0 aliphatic carbocycles. The molecule has 1 unspecified atom stereocenters. The molecule has 2 aromatic rings. The van der Waals surface area contributed by atoms with Crippen LogP contribution in [0.4, 0.5) is 4.39 Å². The molecule has 2 N–H and O–H groups in total. The molecule has 0 radical (unpaired) electrons. The van der Waals surface area contributed by atoms with Crippen molar-refractivity contribution >= 4 is 11.3 Å². The first-order valence-corrected chi connectivity index (χ1v) is 6.09. The molecule has 1 heterocycles. The predicted octanol–water partition coefficient (Wildman–Crippen LogP) is 3.30. The smallest absolute Gasteiger partial charge is 0.126 e. The minimum absolute atomic E-state index is 0.186. The van der Waals surface area contributed by atoms with Crippen molar-refractivity contribution in [3.63, 3.8) is 0 Å². The van der Waals surface area contributed by atoms with Gasteiger partial charge in [0, 0.05) is 5.54 Å². The SMILES string of the molecule is CC(N)(Cc1ccccc1F)c1ccsc1. The molecular weight excluding hydrogens is 221 g/mol. The third-order valence-corrected chi connectivity index (χ3v) is 3.38. The van der Waals surface area contributed by atoms with E-state index in [1.165, 1.54) is 6.07 Å². The van der Waals surface area contributed by atoms with Crippen LogP contribution in [0.2, 0.25) is 0 Å². The van der Waals surface area contributed by atoms with Crippen LogP contribution in [0.5, 0.6) is 0 Å². The number of rotatable bonds is 3. The molecule has 0 saturated carbocycles. The van der Waals surface area contributed by atoms with Crippen molar-refractivity contribution in [2.24, 2.45) is 5.73 Å². The molecule has 1 aromatic heterocycles. The van der Waals surface area contributed by atoms with Gasteiger partial charge < -0.3 is 5.73 Å². The zero-order valence-corrected chi connectivity index (χ0v) is 9.93. The molecule has 3 heteroatoms. The van der Waals surface area contributed by atoms with Crippen molar-refractivity contribution in [3.05, 3.63) is 58.0 Å². The van der Waals surface area contributed by atoms with E-state index in [9.17, 15) is 4.39 Å². The molecule has 84 valence electrons. The summed E-state index contributed by atoms with van der Waals surface area (Å²) in [5, 5.41) is 4.00. The Morgan fingerprint density at radius 1 is 1.31 bits per heavy atom. The molecule has 1 nitrogen and oxygen atoms in total. The lowest BCUT2D eigenvalue weighted by Gasteiger charge is -2.24. The second-order valence-electron chi connectivity index (χ2n) is 4.20. The Morgan fingerprint density at radius 3 is 2.69 bits per heavy atom. The number of benzene rings is 1. The average Bonchev–Trinajstić information content (AvgIpc) is 2.75. The summed E-state index contributed by atoms with van der Waals surface area (Å²) >= 11 is 1.61. The number of nitrogens with two attached hydrogens (primary N) is 1. The fourth-order valence-electron chi connectivity index (χ4n) is 1.73. The minimum Gasteiger partial charge on any atom is -0.321 e. The summed E-state index contributed by atoms with van der Waals surface area (Å²) in [6.45, 7) is 1.93. The van der Waals surface area contributed by atoms with Gasteiger partial charge in [-0.2, -0.15) is 11.3 Å². The van der Waals surface area contributed by atoms with Gasteiger partial charge in [-0.15, -0.1) is 0 Å². The summed E-state index contributed by atoms with van der Waals surface area (Å²) in [5.41, 5.74) is 7.43. The van der Waals surface area contributed by atoms with Crippen molar-refractivity contribution in [2.45, 2.75) is 18.9 Å². The highest BCUT2D eigenvalue weighted by Crippen LogP contribution is 2.25. The van der Waals surface area contributed by atoms with E-state index in [0.29, 0.717) is 12.0 Å². The monoisotopic (exact) mass is 235 g/mol. The number of hydrogen-bond acceptors (Lipinski definition) is 2. The van der Waals surface area contributed by atoms with Crippen LogP contribution >= 0.6 is 11.3 Å². The number of hydrogen-bond donors (Lipinski definition) is 1. The maximum Gasteiger partial charge on any atom is 0.126 e. The standard InChI is InChI=1S/C13H14FNS/c1-13(15,11-6-7-16-9-11)8-10-4-2-3-5-12(10)14/h2-7,9H,8,15H2,1H3. The molecule has 16 heavy (non-hydrogen) atoms. The van der Waals surface area contributed by atoms with Crippen LogP contribution in [-0.4, -0.2) is 0 Å². The maximum atomic E-state index is 13.5. The second-order valence-corrected chi connectivity index (χ2v) is 4.98. The zero-order valence-electron chi connectivity index (χ0n) is 9.11. The first kappa shape index (κ1) is 11.3. The highest BCUT2D eigenvalue weighted by atomic mass is 32.1. The van der Waals surface area contributed by atoms with E-state index in [4.69, 9.17) is 5.73 Å². The highest BCUT2D eigenvalue weighted by Gasteiger charge is 2.23. The minimum atomic E-state index is -0.512. The number of halogens is 1. The van der Waals surface area contributed by atoms with Crippen LogP contribution < -0.4 is 5.73 Å². The van der Waals surface area contributed by atoms with Crippen LogP contribution in [0, 0.1) is 5.82 Å². The molecule has 0 fully saturated rings. The van der Waals surface area contributed by atoms with Crippen LogP contribution in [0.1, 0.15) is 18.1 Å². The molecule has 0 amide bonds. The molecule has 0 aliphatic heterocycles. The van der Waals surface area contributed by atoms with Gasteiger partial charge in [-0.05, 0) is 47.4 Å². The highest BCUT2D eigenvalue weighted by molar-refractivity contribution is 7.08. The Hall–Kier alpha value is -1.19. The quantitative estimate of drug-likeness (QED) is 0.868. The molecular formula is C13H14FNS. The first-order chi connectivity index (χ1) is 7.59. The van der Waals surface area contributed by atoms with Crippen molar-refractivity contribution in [1.82, 2.24) is 0 Å². The van der Waals surface area contributed by atoms with Crippen molar-refractivity contribution in [3.8, 4) is 0 Å². The summed E-state index contributed by atoms with van der Waals surface area (Å²) in [7, 11) is 0. The third-order valence-electron chi connectivity index (χ3n) is 2.70. The van der Waals surface area contributed by atoms with Gasteiger partial charge in [-0.1, -0.05) is 18.2 Å². The largest absolute Gasteiger partial charge is 0.321 e. The van der Waals surface area contributed by atoms with E-state index in [0.717, 1.165) is 5.56 Å². The average molecular weight is 235 g/mol. The normalized spacial score (nSPS) is 14.7. The lowest BCUT2D eigenvalue weighted by molar-refractivity contribution is 0.477. The summed E-state index contributed by atoms with van der Waals surface area (Å²) in [6.07, 6.45) is 0.510. The van der Waals surface area contributed by atoms with Gasteiger partial charge in [-0.25, -0.2) is 4.39 Å².